The van der Waals surface area contributed by atoms with Gasteiger partial charge in [-0.2, -0.15) is 0 Å². The van der Waals surface area contributed by atoms with Gasteiger partial charge in [0.25, 0.3) is 0 Å². The molecule has 0 amide bonds. The molecule has 20 heavy (non-hydrogen) atoms. The minimum atomic E-state index is -0.643. The summed E-state index contributed by atoms with van der Waals surface area (Å²) in [6.45, 7) is 9.52. The molecule has 3 unspecified atom stereocenters. The highest BCUT2D eigenvalue weighted by Gasteiger charge is 2.32. The number of carboxylic acids is 1. The molecule has 0 bridgehead atoms. The molecule has 3 atom stereocenters. The van der Waals surface area contributed by atoms with Crippen molar-refractivity contribution < 1.29 is 9.90 Å². The molecule has 1 aromatic rings. The van der Waals surface area contributed by atoms with E-state index in [1.807, 2.05) is 0 Å². The van der Waals surface area contributed by atoms with Crippen LogP contribution >= 0.6 is 0 Å². The summed E-state index contributed by atoms with van der Waals surface area (Å²) in [7, 11) is 0. The normalized spacial score (nSPS) is 25.4. The van der Waals surface area contributed by atoms with Crippen molar-refractivity contribution in [3.8, 4) is 0 Å². The molecule has 0 aromatic heterocycles. The molecular weight excluding hydrogens is 250 g/mol. The predicted molar refractivity (Wildman–Crippen MR) is 80.9 cm³/mol. The lowest BCUT2D eigenvalue weighted by Crippen LogP contribution is -2.44. The number of piperidine rings is 1. The van der Waals surface area contributed by atoms with E-state index in [0.29, 0.717) is 12.1 Å². The fourth-order valence-corrected chi connectivity index (χ4v) is 3.46. The van der Waals surface area contributed by atoms with E-state index in [1.54, 1.807) is 0 Å². The summed E-state index contributed by atoms with van der Waals surface area (Å²) in [6, 6.07) is 7.26. The summed E-state index contributed by atoms with van der Waals surface area (Å²) in [5, 5.41) is 9.15. The molecule has 1 N–H and O–H groups in total. The van der Waals surface area contributed by atoms with Gasteiger partial charge in [-0.25, -0.2) is 0 Å². The average molecular weight is 275 g/mol. The lowest BCUT2D eigenvalue weighted by molar-refractivity contribution is -0.144. The number of carboxylic acid groups (broad SMARTS) is 1. The van der Waals surface area contributed by atoms with Crippen LogP contribution in [0.25, 0.3) is 0 Å². The fourth-order valence-electron chi connectivity index (χ4n) is 3.46. The van der Waals surface area contributed by atoms with Crippen LogP contribution in [-0.2, 0) is 4.79 Å². The molecule has 0 spiro atoms. The van der Waals surface area contributed by atoms with Gasteiger partial charge in [0, 0.05) is 12.1 Å². The van der Waals surface area contributed by atoms with Crippen LogP contribution in [0.2, 0.25) is 0 Å². The minimum Gasteiger partial charge on any atom is -0.481 e. The number of hydrogen-bond acceptors (Lipinski definition) is 2. The number of nitrogens with zero attached hydrogens (tertiary/aromatic N) is 1. The van der Waals surface area contributed by atoms with Gasteiger partial charge in [0.05, 0.1) is 5.92 Å². The number of aliphatic carboxylic acids is 1. The fraction of sp³-hybridized carbons (Fsp3) is 0.588. The Balaban J connectivity index is 2.13. The van der Waals surface area contributed by atoms with E-state index in [0.717, 1.165) is 19.4 Å². The maximum absolute atomic E-state index is 11.1. The zero-order valence-electron chi connectivity index (χ0n) is 12.9. The number of hydrogen-bond donors (Lipinski definition) is 1. The number of rotatable bonds is 3. The highest BCUT2D eigenvalue weighted by atomic mass is 16.4. The van der Waals surface area contributed by atoms with Gasteiger partial charge in [-0.3, -0.25) is 9.69 Å². The van der Waals surface area contributed by atoms with E-state index in [9.17, 15) is 4.79 Å². The van der Waals surface area contributed by atoms with Crippen molar-refractivity contribution in [1.82, 2.24) is 4.90 Å². The van der Waals surface area contributed by atoms with Crippen LogP contribution in [0.15, 0.2) is 18.2 Å². The first-order chi connectivity index (χ1) is 9.40. The Bertz CT molecular complexity index is 498. The quantitative estimate of drug-likeness (QED) is 0.917. The Hall–Kier alpha value is -1.35. The molecule has 0 aliphatic carbocycles. The Kier molecular flexibility index (Phi) is 4.48. The average Bonchev–Trinajstić information content (AvgIpc) is 2.37. The second-order valence-electron chi connectivity index (χ2n) is 6.18. The smallest absolute Gasteiger partial charge is 0.306 e. The molecule has 1 saturated heterocycles. The molecule has 1 fully saturated rings. The Morgan fingerprint density at radius 2 is 2.10 bits per heavy atom. The SMILES string of the molecule is Cc1ccc(C(C)N2CCC(C(=O)O)CC2C)c(C)c1. The highest BCUT2D eigenvalue weighted by molar-refractivity contribution is 5.70. The van der Waals surface area contributed by atoms with E-state index >= 15 is 0 Å². The maximum Gasteiger partial charge on any atom is 0.306 e. The van der Waals surface area contributed by atoms with Crippen LogP contribution in [0, 0.1) is 19.8 Å². The second-order valence-corrected chi connectivity index (χ2v) is 6.18. The van der Waals surface area contributed by atoms with Gasteiger partial charge in [0.15, 0.2) is 0 Å². The molecule has 0 saturated carbocycles. The summed E-state index contributed by atoms with van der Waals surface area (Å²) in [4.78, 5) is 13.6. The van der Waals surface area contributed by atoms with Gasteiger partial charge in [0.2, 0.25) is 0 Å². The van der Waals surface area contributed by atoms with Crippen molar-refractivity contribution in [1.29, 1.82) is 0 Å². The topological polar surface area (TPSA) is 40.5 Å². The predicted octanol–water partition coefficient (Wildman–Crippen LogP) is 3.55. The van der Waals surface area contributed by atoms with Crippen molar-refractivity contribution in [2.45, 2.75) is 52.6 Å². The van der Waals surface area contributed by atoms with Gasteiger partial charge in [-0.1, -0.05) is 23.8 Å². The van der Waals surface area contributed by atoms with E-state index in [2.05, 4.69) is 50.8 Å². The molecule has 1 heterocycles. The van der Waals surface area contributed by atoms with E-state index < -0.39 is 5.97 Å². The third kappa shape index (κ3) is 3.04. The number of carbonyl (C=O) groups is 1. The van der Waals surface area contributed by atoms with Crippen LogP contribution in [0.3, 0.4) is 0 Å². The van der Waals surface area contributed by atoms with Crippen molar-refractivity contribution in [3.63, 3.8) is 0 Å². The van der Waals surface area contributed by atoms with Crippen LogP contribution < -0.4 is 0 Å². The van der Waals surface area contributed by atoms with Crippen LogP contribution in [-0.4, -0.2) is 28.6 Å². The summed E-state index contributed by atoms with van der Waals surface area (Å²) in [5.74, 6) is -0.816. The number of aryl methyl sites for hydroxylation is 2. The third-order valence-corrected chi connectivity index (χ3v) is 4.65. The number of benzene rings is 1. The summed E-state index contributed by atoms with van der Waals surface area (Å²) >= 11 is 0. The molecule has 110 valence electrons. The highest BCUT2D eigenvalue weighted by Crippen LogP contribution is 2.32. The van der Waals surface area contributed by atoms with Gasteiger partial charge >= 0.3 is 5.97 Å². The van der Waals surface area contributed by atoms with Gasteiger partial charge in [-0.15, -0.1) is 0 Å². The van der Waals surface area contributed by atoms with Gasteiger partial charge < -0.3 is 5.11 Å². The number of likely N-dealkylation sites (tertiary alicyclic amines) is 1. The van der Waals surface area contributed by atoms with Gasteiger partial charge in [-0.05, 0) is 58.2 Å². The lowest BCUT2D eigenvalue weighted by Gasteiger charge is -2.40. The first-order valence-electron chi connectivity index (χ1n) is 7.46. The third-order valence-electron chi connectivity index (χ3n) is 4.65. The monoisotopic (exact) mass is 275 g/mol. The molecule has 1 aromatic carbocycles. The summed E-state index contributed by atoms with van der Waals surface area (Å²) in [5.41, 5.74) is 3.97. The second kappa shape index (κ2) is 5.96. The first kappa shape index (κ1) is 15.0. The Morgan fingerprint density at radius 1 is 1.40 bits per heavy atom. The Morgan fingerprint density at radius 3 is 2.65 bits per heavy atom. The van der Waals surface area contributed by atoms with E-state index in [4.69, 9.17) is 5.11 Å². The standard InChI is InChI=1S/C17H25NO2/c1-11-5-6-16(12(2)9-11)14(4)18-8-7-15(17(19)20)10-13(18)3/h5-6,9,13-15H,7-8,10H2,1-4H3,(H,19,20). The molecule has 1 aliphatic heterocycles. The van der Waals surface area contributed by atoms with Crippen molar-refractivity contribution in [2.75, 3.05) is 6.54 Å². The molecule has 0 radical (unpaired) electrons. The van der Waals surface area contributed by atoms with Crippen molar-refractivity contribution in [3.05, 3.63) is 34.9 Å². The molecule has 2 rings (SSSR count). The zero-order chi connectivity index (χ0) is 14.9. The maximum atomic E-state index is 11.1. The zero-order valence-corrected chi connectivity index (χ0v) is 12.9. The van der Waals surface area contributed by atoms with Crippen LogP contribution in [0.4, 0.5) is 0 Å². The lowest BCUT2D eigenvalue weighted by atomic mass is 9.89. The first-order valence-corrected chi connectivity index (χ1v) is 7.46. The minimum absolute atomic E-state index is 0.174. The van der Waals surface area contributed by atoms with Crippen LogP contribution in [0.1, 0.15) is 49.4 Å². The van der Waals surface area contributed by atoms with E-state index in [1.165, 1.54) is 16.7 Å². The largest absolute Gasteiger partial charge is 0.481 e. The molecular formula is C17H25NO2. The molecule has 1 aliphatic rings. The molecule has 3 heteroatoms. The van der Waals surface area contributed by atoms with Crippen molar-refractivity contribution in [2.24, 2.45) is 5.92 Å². The molecule has 3 nitrogen and oxygen atoms in total. The van der Waals surface area contributed by atoms with Crippen LogP contribution in [0.5, 0.6) is 0 Å². The van der Waals surface area contributed by atoms with E-state index in [-0.39, 0.29) is 5.92 Å². The van der Waals surface area contributed by atoms with Gasteiger partial charge in [0.1, 0.15) is 0 Å². The summed E-state index contributed by atoms with van der Waals surface area (Å²) < 4.78 is 0. The Labute approximate surface area is 121 Å². The summed E-state index contributed by atoms with van der Waals surface area (Å²) in [6.07, 6.45) is 1.51. The van der Waals surface area contributed by atoms with Crippen molar-refractivity contribution >= 4 is 5.97 Å².